The van der Waals surface area contributed by atoms with Crippen molar-refractivity contribution in [3.8, 4) is 5.75 Å². The number of hydrogen-bond donors (Lipinski definition) is 2. The number of methoxy groups -OCH3 is 1. The molecule has 3 rings (SSSR count). The van der Waals surface area contributed by atoms with E-state index in [0.29, 0.717) is 17.5 Å². The summed E-state index contributed by atoms with van der Waals surface area (Å²) in [5.74, 6) is 1.41. The molecule has 7 heteroatoms. The van der Waals surface area contributed by atoms with Gasteiger partial charge >= 0.3 is 0 Å². The van der Waals surface area contributed by atoms with Crippen LogP contribution in [0.3, 0.4) is 0 Å². The molecule has 2 N–H and O–H groups in total. The minimum atomic E-state index is -3.65. The zero-order valence-electron chi connectivity index (χ0n) is 13.0. The van der Waals surface area contributed by atoms with Gasteiger partial charge in [-0.2, -0.15) is 0 Å². The number of aryl methyl sites for hydroxylation is 1. The van der Waals surface area contributed by atoms with Gasteiger partial charge in [0.05, 0.1) is 23.9 Å². The van der Waals surface area contributed by atoms with Gasteiger partial charge < -0.3 is 10.1 Å². The Labute approximate surface area is 136 Å². The molecule has 1 aliphatic carbocycles. The van der Waals surface area contributed by atoms with E-state index in [0.717, 1.165) is 24.2 Å². The molecule has 1 heterocycles. The van der Waals surface area contributed by atoms with Gasteiger partial charge in [0.2, 0.25) is 0 Å². The van der Waals surface area contributed by atoms with E-state index in [2.05, 4.69) is 15.0 Å². The molecule has 1 aliphatic rings. The van der Waals surface area contributed by atoms with Crippen molar-refractivity contribution in [3.63, 3.8) is 0 Å². The fraction of sp³-hybridized carbons (Fsp3) is 0.312. The van der Waals surface area contributed by atoms with Gasteiger partial charge in [-0.25, -0.2) is 13.4 Å². The van der Waals surface area contributed by atoms with E-state index >= 15 is 0 Å². The summed E-state index contributed by atoms with van der Waals surface area (Å²) in [4.78, 5) is 4.41. The molecule has 1 saturated carbocycles. The highest BCUT2D eigenvalue weighted by molar-refractivity contribution is 7.92. The lowest BCUT2D eigenvalue weighted by Crippen LogP contribution is -2.13. The zero-order valence-corrected chi connectivity index (χ0v) is 13.9. The van der Waals surface area contributed by atoms with Crippen LogP contribution in [-0.4, -0.2) is 26.6 Å². The average Bonchev–Trinajstić information content (AvgIpc) is 3.33. The minimum absolute atomic E-state index is 0.191. The molecule has 0 atom stereocenters. The monoisotopic (exact) mass is 333 g/mol. The van der Waals surface area contributed by atoms with Gasteiger partial charge in [0.25, 0.3) is 10.0 Å². The average molecular weight is 333 g/mol. The standard InChI is InChI=1S/C16H19N3O3S/c1-11-9-14(6-7-15(11)22-2)23(20,21)19-13-5-8-16(17-10-13)18-12-3-4-12/h5-10,12,19H,3-4H2,1-2H3,(H,17,18). The Kier molecular flexibility index (Phi) is 4.12. The summed E-state index contributed by atoms with van der Waals surface area (Å²) >= 11 is 0. The highest BCUT2D eigenvalue weighted by Crippen LogP contribution is 2.25. The topological polar surface area (TPSA) is 80.3 Å². The number of ether oxygens (including phenoxy) is 1. The summed E-state index contributed by atoms with van der Waals surface area (Å²) in [6, 6.07) is 8.72. The van der Waals surface area contributed by atoms with Crippen molar-refractivity contribution in [1.82, 2.24) is 4.98 Å². The number of rotatable bonds is 6. The Morgan fingerprint density at radius 1 is 1.22 bits per heavy atom. The van der Waals surface area contributed by atoms with Crippen molar-refractivity contribution in [2.75, 3.05) is 17.1 Å². The quantitative estimate of drug-likeness (QED) is 0.849. The van der Waals surface area contributed by atoms with Gasteiger partial charge in [0.15, 0.2) is 0 Å². The number of aromatic nitrogens is 1. The van der Waals surface area contributed by atoms with Crippen molar-refractivity contribution in [2.24, 2.45) is 0 Å². The molecule has 0 radical (unpaired) electrons. The smallest absolute Gasteiger partial charge is 0.261 e. The van der Waals surface area contributed by atoms with Crippen LogP contribution in [-0.2, 0) is 10.0 Å². The van der Waals surface area contributed by atoms with Gasteiger partial charge in [-0.05, 0) is 55.7 Å². The van der Waals surface area contributed by atoms with Crippen LogP contribution in [0.4, 0.5) is 11.5 Å². The van der Waals surface area contributed by atoms with Crippen LogP contribution in [0.25, 0.3) is 0 Å². The minimum Gasteiger partial charge on any atom is -0.496 e. The summed E-state index contributed by atoms with van der Waals surface area (Å²) in [5, 5.41) is 3.26. The Hall–Kier alpha value is -2.28. The molecule has 1 aromatic heterocycles. The first-order valence-electron chi connectivity index (χ1n) is 7.38. The molecule has 0 amide bonds. The molecule has 1 aromatic carbocycles. The maximum absolute atomic E-state index is 12.4. The number of benzene rings is 1. The lowest BCUT2D eigenvalue weighted by molar-refractivity contribution is 0.411. The number of pyridine rings is 1. The predicted molar refractivity (Wildman–Crippen MR) is 89.4 cm³/mol. The largest absolute Gasteiger partial charge is 0.496 e. The Balaban J connectivity index is 1.75. The highest BCUT2D eigenvalue weighted by atomic mass is 32.2. The fourth-order valence-corrected chi connectivity index (χ4v) is 3.34. The Morgan fingerprint density at radius 2 is 2.00 bits per heavy atom. The van der Waals surface area contributed by atoms with Crippen LogP contribution < -0.4 is 14.8 Å². The molecule has 23 heavy (non-hydrogen) atoms. The van der Waals surface area contributed by atoms with Gasteiger partial charge in [-0.3, -0.25) is 4.72 Å². The lowest BCUT2D eigenvalue weighted by Gasteiger charge is -2.11. The lowest BCUT2D eigenvalue weighted by atomic mass is 10.2. The molecule has 0 aliphatic heterocycles. The molecule has 0 bridgehead atoms. The van der Waals surface area contributed by atoms with Crippen LogP contribution in [0.2, 0.25) is 0 Å². The van der Waals surface area contributed by atoms with E-state index in [1.54, 1.807) is 38.3 Å². The second-order valence-corrected chi connectivity index (χ2v) is 7.27. The van der Waals surface area contributed by atoms with Gasteiger partial charge in [0, 0.05) is 6.04 Å². The van der Waals surface area contributed by atoms with Crippen LogP contribution in [0, 0.1) is 6.92 Å². The summed E-state index contributed by atoms with van der Waals surface area (Å²) in [5.41, 5.74) is 1.19. The first-order valence-corrected chi connectivity index (χ1v) is 8.86. The highest BCUT2D eigenvalue weighted by Gasteiger charge is 2.21. The van der Waals surface area contributed by atoms with Crippen LogP contribution >= 0.6 is 0 Å². The summed E-state index contributed by atoms with van der Waals surface area (Å²) in [6.07, 6.45) is 3.83. The first-order chi connectivity index (χ1) is 11.0. The zero-order chi connectivity index (χ0) is 16.4. The van der Waals surface area contributed by atoms with Gasteiger partial charge in [0.1, 0.15) is 11.6 Å². The van der Waals surface area contributed by atoms with E-state index < -0.39 is 10.0 Å². The molecule has 1 fully saturated rings. The number of nitrogens with one attached hydrogen (secondary N) is 2. The van der Waals surface area contributed by atoms with Crippen molar-refractivity contribution in [1.29, 1.82) is 0 Å². The third kappa shape index (κ3) is 3.73. The van der Waals surface area contributed by atoms with E-state index in [1.807, 2.05) is 0 Å². The third-order valence-corrected chi connectivity index (χ3v) is 5.00. The van der Waals surface area contributed by atoms with Crippen molar-refractivity contribution < 1.29 is 13.2 Å². The van der Waals surface area contributed by atoms with Crippen LogP contribution in [0.15, 0.2) is 41.4 Å². The molecule has 6 nitrogen and oxygen atoms in total. The van der Waals surface area contributed by atoms with E-state index in [9.17, 15) is 8.42 Å². The van der Waals surface area contributed by atoms with Crippen molar-refractivity contribution in [3.05, 3.63) is 42.1 Å². The molecule has 0 spiro atoms. The Morgan fingerprint density at radius 3 is 2.57 bits per heavy atom. The van der Waals surface area contributed by atoms with E-state index in [4.69, 9.17) is 4.74 Å². The van der Waals surface area contributed by atoms with Gasteiger partial charge in [-0.15, -0.1) is 0 Å². The molecular weight excluding hydrogens is 314 g/mol. The van der Waals surface area contributed by atoms with Crippen LogP contribution in [0.1, 0.15) is 18.4 Å². The fourth-order valence-electron chi connectivity index (χ4n) is 2.21. The van der Waals surface area contributed by atoms with Crippen LogP contribution in [0.5, 0.6) is 5.75 Å². The van der Waals surface area contributed by atoms with E-state index in [1.165, 1.54) is 12.3 Å². The number of nitrogens with zero attached hydrogens (tertiary/aromatic N) is 1. The second kappa shape index (κ2) is 6.08. The van der Waals surface area contributed by atoms with Gasteiger partial charge in [-0.1, -0.05) is 0 Å². The molecule has 0 saturated heterocycles. The summed E-state index contributed by atoms with van der Waals surface area (Å²) in [7, 11) is -2.10. The Bertz CT molecular complexity index is 800. The molecule has 0 unspecified atom stereocenters. The number of sulfonamides is 1. The second-order valence-electron chi connectivity index (χ2n) is 5.59. The molecular formula is C16H19N3O3S. The van der Waals surface area contributed by atoms with E-state index in [-0.39, 0.29) is 4.90 Å². The number of hydrogen-bond acceptors (Lipinski definition) is 5. The SMILES string of the molecule is COc1ccc(S(=O)(=O)Nc2ccc(NC3CC3)nc2)cc1C. The van der Waals surface area contributed by atoms with Crippen molar-refractivity contribution in [2.45, 2.75) is 30.7 Å². The summed E-state index contributed by atoms with van der Waals surface area (Å²) < 4.78 is 32.5. The normalized spacial score (nSPS) is 14.3. The molecule has 122 valence electrons. The first kappa shape index (κ1) is 15.6. The number of anilines is 2. The molecule has 2 aromatic rings. The maximum Gasteiger partial charge on any atom is 0.261 e. The van der Waals surface area contributed by atoms with Crippen molar-refractivity contribution >= 4 is 21.5 Å². The maximum atomic E-state index is 12.4. The predicted octanol–water partition coefficient (Wildman–Crippen LogP) is 2.77. The summed E-state index contributed by atoms with van der Waals surface area (Å²) in [6.45, 7) is 1.80. The third-order valence-electron chi connectivity index (χ3n) is 3.62.